The molecule has 0 saturated carbocycles. The van der Waals surface area contributed by atoms with Gasteiger partial charge < -0.3 is 89.9 Å². The maximum Gasteiger partial charge on any atom is 0.220 e. The predicted octanol–water partition coefficient (Wildman–Crippen LogP) is 9.05. The van der Waals surface area contributed by atoms with Gasteiger partial charge in [-0.05, 0) is 83.5 Å². The molecule has 19 nitrogen and oxygen atoms in total. The minimum absolute atomic E-state index is 0.149. The Labute approximate surface area is 545 Å². The topological polar surface area (TPSA) is 307 Å². The first-order chi connectivity index (χ1) is 44.3. The van der Waals surface area contributed by atoms with E-state index in [1.165, 1.54) is 103 Å². The number of rotatable bonds is 51. The van der Waals surface area contributed by atoms with E-state index >= 15 is 0 Å². The van der Waals surface area contributed by atoms with Gasteiger partial charge in [-0.25, -0.2) is 0 Å². The molecule has 0 aromatic carbocycles. The van der Waals surface area contributed by atoms with E-state index in [1.807, 2.05) is 12.2 Å². The molecule has 3 heterocycles. The third kappa shape index (κ3) is 34.6. The first-order valence-corrected chi connectivity index (χ1v) is 34.6. The standard InChI is InChI=1S/C72H121NO18/c1-3-5-7-9-11-13-15-17-19-21-23-25-27-29-31-33-35-37-39-41-43-45-47-49-56(77)55(73-60(78)50-48-46-44-42-40-38-36-34-32-30-28-26-24-22-20-18-16-14-12-10-8-6-4-2)54-86-70-66(84)63(81)68(58(52-75)88-70)91-72-67(85)64(82)69(59(53-76)89-72)90-71-65(83)62(80)61(79)57(51-74)87-71/h6,8,12,14,18,20,24,26,30,32,36,38-39,41-42,44,47,49,55-59,61-72,74-77,79-85H,3-5,7,9-11,13,15-17,19,21-23,25,27-29,31,33-35,37,40,43,45-46,48,50-54H2,1-2H3,(H,73,78)/b8-6-,14-12-,20-18-,26-24-,32-30-,38-36-,41-39+,44-42-,49-47+. The van der Waals surface area contributed by atoms with E-state index < -0.39 is 131 Å². The number of allylic oxidation sites excluding steroid dienone is 17. The lowest BCUT2D eigenvalue weighted by molar-refractivity contribution is -0.379. The predicted molar refractivity (Wildman–Crippen MR) is 355 cm³/mol. The molecular weight excluding hydrogens is 1170 g/mol. The van der Waals surface area contributed by atoms with Crippen LogP contribution in [0.4, 0.5) is 0 Å². The van der Waals surface area contributed by atoms with E-state index in [0.29, 0.717) is 19.3 Å². The summed E-state index contributed by atoms with van der Waals surface area (Å²) in [5.74, 6) is -0.347. The van der Waals surface area contributed by atoms with E-state index in [4.69, 9.17) is 28.4 Å². The number of carbonyl (C=O) groups excluding carboxylic acids is 1. The van der Waals surface area contributed by atoms with E-state index in [-0.39, 0.29) is 12.3 Å². The Hall–Kier alpha value is -3.55. The van der Waals surface area contributed by atoms with Crippen LogP contribution in [0.2, 0.25) is 0 Å². The monoisotopic (exact) mass is 1290 g/mol. The maximum absolute atomic E-state index is 13.4. The van der Waals surface area contributed by atoms with Crippen molar-refractivity contribution in [1.29, 1.82) is 0 Å². The molecule has 91 heavy (non-hydrogen) atoms. The molecule has 3 saturated heterocycles. The summed E-state index contributed by atoms with van der Waals surface area (Å²) in [6.45, 7) is 1.55. The summed E-state index contributed by atoms with van der Waals surface area (Å²) in [4.78, 5) is 13.4. The van der Waals surface area contributed by atoms with Crippen LogP contribution >= 0.6 is 0 Å². The summed E-state index contributed by atoms with van der Waals surface area (Å²) < 4.78 is 34.3. The number of hydrogen-bond acceptors (Lipinski definition) is 18. The molecule has 3 rings (SSSR count). The first kappa shape index (κ1) is 81.7. The number of unbranched alkanes of at least 4 members (excludes halogenated alkanes) is 19. The van der Waals surface area contributed by atoms with Gasteiger partial charge in [0.2, 0.25) is 5.91 Å². The fraction of sp³-hybridized carbons (Fsp3) is 0.736. The number of aliphatic hydroxyl groups excluding tert-OH is 11. The summed E-state index contributed by atoms with van der Waals surface area (Å²) in [5, 5.41) is 120. The fourth-order valence-corrected chi connectivity index (χ4v) is 11.0. The SMILES string of the molecule is CC/C=C\C/C=C\C/C=C\C/C=C\C/C=C\C/C=C\C/C=C\CCCC(=O)NC(COC1OC(CO)C(OC2OC(CO)C(OC3OC(CO)C(O)C(O)C3O)C(O)C2O)C(O)C1O)C(O)/C=C/CC/C=C/CCCCCCCCCCCCCCCCCCC. The third-order valence-electron chi connectivity index (χ3n) is 16.6. The lowest BCUT2D eigenvalue weighted by atomic mass is 9.96. The van der Waals surface area contributed by atoms with Gasteiger partial charge in [-0.2, -0.15) is 0 Å². The van der Waals surface area contributed by atoms with Crippen molar-refractivity contribution in [3.63, 3.8) is 0 Å². The Bertz CT molecular complexity index is 2070. The van der Waals surface area contributed by atoms with Gasteiger partial charge in [0.05, 0.1) is 38.6 Å². The van der Waals surface area contributed by atoms with Gasteiger partial charge in [0.15, 0.2) is 18.9 Å². The molecule has 0 bridgehead atoms. The molecule has 0 aromatic heterocycles. The summed E-state index contributed by atoms with van der Waals surface area (Å²) in [7, 11) is 0. The van der Waals surface area contributed by atoms with Crippen molar-refractivity contribution in [3.8, 4) is 0 Å². The maximum atomic E-state index is 13.4. The summed E-state index contributed by atoms with van der Waals surface area (Å²) in [6, 6.07) is -1.03. The van der Waals surface area contributed by atoms with Crippen molar-refractivity contribution in [3.05, 3.63) is 109 Å². The zero-order valence-electron chi connectivity index (χ0n) is 55.0. The molecule has 3 fully saturated rings. The quantitative estimate of drug-likeness (QED) is 0.0200. The molecule has 17 unspecified atom stereocenters. The smallest absolute Gasteiger partial charge is 0.220 e. The van der Waals surface area contributed by atoms with Crippen molar-refractivity contribution in [2.45, 2.75) is 311 Å². The molecule has 522 valence electrons. The van der Waals surface area contributed by atoms with E-state index in [2.05, 4.69) is 110 Å². The molecule has 0 radical (unpaired) electrons. The molecule has 1 amide bonds. The third-order valence-corrected chi connectivity index (χ3v) is 16.6. The molecule has 12 N–H and O–H groups in total. The Morgan fingerprint density at radius 3 is 1.23 bits per heavy atom. The normalized spacial score (nSPS) is 28.6. The lowest BCUT2D eigenvalue weighted by Crippen LogP contribution is -2.66. The number of hydrogen-bond donors (Lipinski definition) is 12. The minimum Gasteiger partial charge on any atom is -0.394 e. The second-order valence-electron chi connectivity index (χ2n) is 24.2. The van der Waals surface area contributed by atoms with Crippen LogP contribution in [0, 0.1) is 0 Å². The van der Waals surface area contributed by atoms with Crippen LogP contribution in [0.15, 0.2) is 109 Å². The van der Waals surface area contributed by atoms with Crippen LogP contribution in [0.25, 0.3) is 0 Å². The zero-order valence-corrected chi connectivity index (χ0v) is 55.0. The van der Waals surface area contributed by atoms with Gasteiger partial charge in [0.1, 0.15) is 73.2 Å². The highest BCUT2D eigenvalue weighted by Crippen LogP contribution is 2.33. The van der Waals surface area contributed by atoms with Crippen LogP contribution in [0.3, 0.4) is 0 Å². The first-order valence-electron chi connectivity index (χ1n) is 34.6. The van der Waals surface area contributed by atoms with E-state index in [0.717, 1.165) is 64.2 Å². The molecule has 3 aliphatic heterocycles. The number of aliphatic hydroxyl groups is 11. The van der Waals surface area contributed by atoms with E-state index in [9.17, 15) is 61.0 Å². The van der Waals surface area contributed by atoms with Crippen molar-refractivity contribution in [1.82, 2.24) is 5.32 Å². The largest absolute Gasteiger partial charge is 0.394 e. The average Bonchev–Trinajstić information content (AvgIpc) is 0.883. The summed E-state index contributed by atoms with van der Waals surface area (Å²) in [6.07, 6.45) is 43.6. The Kier molecular flexibility index (Phi) is 47.3. The van der Waals surface area contributed by atoms with Crippen LogP contribution < -0.4 is 5.32 Å². The van der Waals surface area contributed by atoms with Gasteiger partial charge in [-0.15, -0.1) is 0 Å². The van der Waals surface area contributed by atoms with E-state index in [1.54, 1.807) is 6.08 Å². The van der Waals surface area contributed by atoms with Crippen LogP contribution in [-0.2, 0) is 33.2 Å². The highest BCUT2D eigenvalue weighted by molar-refractivity contribution is 5.76. The molecular formula is C72H121NO18. The molecule has 0 spiro atoms. The summed E-state index contributed by atoms with van der Waals surface area (Å²) in [5.41, 5.74) is 0. The number of nitrogens with one attached hydrogen (secondary N) is 1. The molecule has 17 atom stereocenters. The van der Waals surface area contributed by atoms with Crippen LogP contribution in [0.1, 0.15) is 206 Å². The Morgan fingerprint density at radius 1 is 0.407 bits per heavy atom. The van der Waals surface area contributed by atoms with Gasteiger partial charge in [0, 0.05) is 6.42 Å². The fourth-order valence-electron chi connectivity index (χ4n) is 11.0. The Balaban J connectivity index is 1.49. The number of carbonyl (C=O) groups is 1. The van der Waals surface area contributed by atoms with Gasteiger partial charge in [0.25, 0.3) is 0 Å². The highest BCUT2D eigenvalue weighted by Gasteiger charge is 2.53. The van der Waals surface area contributed by atoms with Crippen molar-refractivity contribution in [2.24, 2.45) is 0 Å². The molecule has 19 heteroatoms. The van der Waals surface area contributed by atoms with Crippen LogP contribution in [-0.4, -0.2) is 193 Å². The second-order valence-corrected chi connectivity index (χ2v) is 24.2. The minimum atomic E-state index is -1.99. The van der Waals surface area contributed by atoms with Crippen molar-refractivity contribution in [2.75, 3.05) is 26.4 Å². The average molecular weight is 1290 g/mol. The summed E-state index contributed by atoms with van der Waals surface area (Å²) >= 11 is 0. The molecule has 0 aliphatic carbocycles. The second kappa shape index (κ2) is 52.7. The van der Waals surface area contributed by atoms with Gasteiger partial charge in [-0.1, -0.05) is 226 Å². The molecule has 0 aromatic rings. The zero-order chi connectivity index (χ0) is 66.1. The van der Waals surface area contributed by atoms with Gasteiger partial charge >= 0.3 is 0 Å². The highest BCUT2D eigenvalue weighted by atomic mass is 16.8. The van der Waals surface area contributed by atoms with Crippen LogP contribution in [0.5, 0.6) is 0 Å². The lowest BCUT2D eigenvalue weighted by Gasteiger charge is -2.48. The van der Waals surface area contributed by atoms with Crippen molar-refractivity contribution < 1.29 is 89.4 Å². The number of amides is 1. The molecule has 3 aliphatic rings. The number of ether oxygens (including phenoxy) is 6. The van der Waals surface area contributed by atoms with Crippen molar-refractivity contribution >= 4 is 5.91 Å². The van der Waals surface area contributed by atoms with Gasteiger partial charge in [-0.3, -0.25) is 4.79 Å². The Morgan fingerprint density at radius 2 is 0.769 bits per heavy atom.